The fourth-order valence-corrected chi connectivity index (χ4v) is 1.95. The third kappa shape index (κ3) is 4.83. The van der Waals surface area contributed by atoms with E-state index in [2.05, 4.69) is 24.1 Å². The second kappa shape index (κ2) is 7.18. The van der Waals surface area contributed by atoms with Gasteiger partial charge in [-0.05, 0) is 36.2 Å². The lowest BCUT2D eigenvalue weighted by molar-refractivity contribution is 0.298. The van der Waals surface area contributed by atoms with E-state index in [4.69, 9.17) is 4.74 Å². The van der Waals surface area contributed by atoms with Crippen LogP contribution in [0.1, 0.15) is 30.7 Å². The molecule has 2 rings (SSSR count). The molecule has 0 saturated heterocycles. The Morgan fingerprint density at radius 2 is 2.10 bits per heavy atom. The number of nitrogens with one attached hydrogen (secondary N) is 1. The maximum absolute atomic E-state index is 13.6. The minimum atomic E-state index is -0.286. The molecule has 4 heteroatoms. The number of aryl methyl sites for hydroxylation is 1. The van der Waals surface area contributed by atoms with Crippen molar-refractivity contribution in [2.45, 2.75) is 40.0 Å². The van der Waals surface area contributed by atoms with Crippen LogP contribution >= 0.6 is 0 Å². The molecule has 0 aliphatic carbocycles. The van der Waals surface area contributed by atoms with Gasteiger partial charge in [0.1, 0.15) is 18.2 Å². The molecule has 1 N–H and O–H groups in total. The average molecular weight is 288 g/mol. The lowest BCUT2D eigenvalue weighted by atomic mass is 10.2. The second-order valence-electron chi connectivity index (χ2n) is 5.39. The summed E-state index contributed by atoms with van der Waals surface area (Å²) in [7, 11) is 0. The topological polar surface area (TPSA) is 34.1 Å². The Morgan fingerprint density at radius 1 is 1.29 bits per heavy atom. The summed E-state index contributed by atoms with van der Waals surface area (Å²) in [4.78, 5) is 4.27. The van der Waals surface area contributed by atoms with Crippen LogP contribution in [0.2, 0.25) is 0 Å². The van der Waals surface area contributed by atoms with Crippen molar-refractivity contribution in [1.82, 2.24) is 10.3 Å². The third-order valence-electron chi connectivity index (χ3n) is 3.14. The fourth-order valence-electron chi connectivity index (χ4n) is 1.95. The van der Waals surface area contributed by atoms with E-state index >= 15 is 0 Å². The van der Waals surface area contributed by atoms with Crippen molar-refractivity contribution < 1.29 is 9.13 Å². The molecule has 0 fully saturated rings. The number of halogens is 1. The predicted molar refractivity (Wildman–Crippen MR) is 81.7 cm³/mol. The number of hydrogen-bond donors (Lipinski definition) is 1. The van der Waals surface area contributed by atoms with E-state index in [-0.39, 0.29) is 5.82 Å². The highest BCUT2D eigenvalue weighted by atomic mass is 19.1. The summed E-state index contributed by atoms with van der Waals surface area (Å²) in [6.07, 6.45) is 1.73. The minimum absolute atomic E-state index is 0.286. The van der Waals surface area contributed by atoms with Crippen molar-refractivity contribution in [3.05, 3.63) is 59.2 Å². The Labute approximate surface area is 125 Å². The molecule has 2 aromatic rings. The highest BCUT2D eigenvalue weighted by Gasteiger charge is 2.05. The summed E-state index contributed by atoms with van der Waals surface area (Å²) < 4.78 is 19.3. The first-order valence-electron chi connectivity index (χ1n) is 7.11. The summed E-state index contributed by atoms with van der Waals surface area (Å²) in [5, 5.41) is 3.26. The molecule has 0 spiro atoms. The van der Waals surface area contributed by atoms with Gasteiger partial charge in [-0.25, -0.2) is 4.39 Å². The van der Waals surface area contributed by atoms with Crippen LogP contribution in [0.25, 0.3) is 0 Å². The zero-order valence-electron chi connectivity index (χ0n) is 12.7. The van der Waals surface area contributed by atoms with Crippen molar-refractivity contribution in [3.63, 3.8) is 0 Å². The van der Waals surface area contributed by atoms with Gasteiger partial charge in [0.25, 0.3) is 0 Å². The Morgan fingerprint density at radius 3 is 2.81 bits per heavy atom. The summed E-state index contributed by atoms with van der Waals surface area (Å²) in [5.41, 5.74) is 2.80. The highest BCUT2D eigenvalue weighted by Crippen LogP contribution is 2.18. The molecule has 0 bridgehead atoms. The number of hydrogen-bond acceptors (Lipinski definition) is 3. The molecular weight excluding hydrogens is 267 g/mol. The van der Waals surface area contributed by atoms with Gasteiger partial charge in [0, 0.05) is 24.8 Å². The zero-order chi connectivity index (χ0) is 15.2. The SMILES string of the molecule is Cc1cccnc1COc1cc(F)cc(CNC(C)C)c1. The number of nitrogens with zero attached hydrogens (tertiary/aromatic N) is 1. The molecule has 0 aliphatic rings. The molecule has 1 heterocycles. The summed E-state index contributed by atoms with van der Waals surface area (Å²) in [5.74, 6) is 0.242. The molecule has 1 aromatic carbocycles. The monoisotopic (exact) mass is 288 g/mol. The smallest absolute Gasteiger partial charge is 0.130 e. The lowest BCUT2D eigenvalue weighted by Crippen LogP contribution is -2.21. The normalized spacial score (nSPS) is 10.9. The molecule has 0 aliphatic heterocycles. The molecule has 0 radical (unpaired) electrons. The molecule has 0 unspecified atom stereocenters. The van der Waals surface area contributed by atoms with Crippen LogP contribution in [0.5, 0.6) is 5.75 Å². The molecule has 0 saturated carbocycles. The van der Waals surface area contributed by atoms with Crippen LogP contribution in [0.4, 0.5) is 4.39 Å². The molecule has 21 heavy (non-hydrogen) atoms. The predicted octanol–water partition coefficient (Wildman–Crippen LogP) is 3.61. The van der Waals surface area contributed by atoms with Gasteiger partial charge in [0.2, 0.25) is 0 Å². The van der Waals surface area contributed by atoms with Crippen LogP contribution in [0.15, 0.2) is 36.5 Å². The lowest BCUT2D eigenvalue weighted by Gasteiger charge is -2.11. The number of aromatic nitrogens is 1. The van der Waals surface area contributed by atoms with Crippen molar-refractivity contribution in [2.75, 3.05) is 0 Å². The Hall–Kier alpha value is -1.94. The van der Waals surface area contributed by atoms with Gasteiger partial charge >= 0.3 is 0 Å². The molecular formula is C17H21FN2O. The van der Waals surface area contributed by atoms with E-state index in [9.17, 15) is 4.39 Å². The third-order valence-corrected chi connectivity index (χ3v) is 3.14. The molecule has 3 nitrogen and oxygen atoms in total. The number of rotatable bonds is 6. The van der Waals surface area contributed by atoms with Gasteiger partial charge in [-0.15, -0.1) is 0 Å². The van der Waals surface area contributed by atoms with E-state index in [1.54, 1.807) is 6.20 Å². The Balaban J connectivity index is 2.04. The maximum Gasteiger partial charge on any atom is 0.130 e. The number of benzene rings is 1. The largest absolute Gasteiger partial charge is 0.487 e. The van der Waals surface area contributed by atoms with E-state index < -0.39 is 0 Å². The van der Waals surface area contributed by atoms with Crippen molar-refractivity contribution in [1.29, 1.82) is 0 Å². The highest BCUT2D eigenvalue weighted by molar-refractivity contribution is 5.30. The maximum atomic E-state index is 13.6. The van der Waals surface area contributed by atoms with Gasteiger partial charge in [0.05, 0.1) is 5.69 Å². The second-order valence-corrected chi connectivity index (χ2v) is 5.39. The van der Waals surface area contributed by atoms with Gasteiger partial charge < -0.3 is 10.1 Å². The minimum Gasteiger partial charge on any atom is -0.487 e. The van der Waals surface area contributed by atoms with Crippen LogP contribution in [0, 0.1) is 12.7 Å². The van der Waals surface area contributed by atoms with E-state index in [1.807, 2.05) is 25.1 Å². The van der Waals surface area contributed by atoms with Gasteiger partial charge in [-0.1, -0.05) is 19.9 Å². The Bertz CT molecular complexity index is 599. The first-order valence-corrected chi connectivity index (χ1v) is 7.11. The molecule has 112 valence electrons. The van der Waals surface area contributed by atoms with Crippen LogP contribution < -0.4 is 10.1 Å². The molecule has 0 atom stereocenters. The summed E-state index contributed by atoms with van der Waals surface area (Å²) in [6, 6.07) is 9.00. The number of pyridine rings is 1. The van der Waals surface area contributed by atoms with Crippen molar-refractivity contribution in [3.8, 4) is 5.75 Å². The first kappa shape index (κ1) is 15.4. The summed E-state index contributed by atoms with van der Waals surface area (Å²) in [6.45, 7) is 7.05. The van der Waals surface area contributed by atoms with Crippen LogP contribution in [-0.4, -0.2) is 11.0 Å². The summed E-state index contributed by atoms with van der Waals surface area (Å²) >= 11 is 0. The number of ether oxygens (including phenoxy) is 1. The van der Waals surface area contributed by atoms with E-state index in [0.29, 0.717) is 24.9 Å². The quantitative estimate of drug-likeness (QED) is 0.881. The Kier molecular flexibility index (Phi) is 5.28. The van der Waals surface area contributed by atoms with Gasteiger partial charge in [0.15, 0.2) is 0 Å². The van der Waals surface area contributed by atoms with Crippen LogP contribution in [0.3, 0.4) is 0 Å². The standard InChI is InChI=1S/C17H21FN2O/c1-12(2)20-10-14-7-15(18)9-16(8-14)21-11-17-13(3)5-4-6-19-17/h4-9,12,20H,10-11H2,1-3H3. The van der Waals surface area contributed by atoms with Crippen LogP contribution in [-0.2, 0) is 13.2 Å². The van der Waals surface area contributed by atoms with Crippen molar-refractivity contribution in [2.24, 2.45) is 0 Å². The first-order chi connectivity index (χ1) is 10.0. The zero-order valence-corrected chi connectivity index (χ0v) is 12.7. The van der Waals surface area contributed by atoms with Gasteiger partial charge in [-0.2, -0.15) is 0 Å². The average Bonchev–Trinajstić information content (AvgIpc) is 2.44. The fraction of sp³-hybridized carbons (Fsp3) is 0.353. The van der Waals surface area contributed by atoms with E-state index in [1.165, 1.54) is 12.1 Å². The van der Waals surface area contributed by atoms with Crippen molar-refractivity contribution >= 4 is 0 Å². The molecule has 1 aromatic heterocycles. The molecule has 0 amide bonds. The van der Waals surface area contributed by atoms with Gasteiger partial charge in [-0.3, -0.25) is 4.98 Å². The van der Waals surface area contributed by atoms with E-state index in [0.717, 1.165) is 16.8 Å².